The zero-order chi connectivity index (χ0) is 15.7. The van der Waals surface area contributed by atoms with Crippen molar-refractivity contribution in [1.82, 2.24) is 9.55 Å². The van der Waals surface area contributed by atoms with Crippen molar-refractivity contribution in [3.8, 4) is 0 Å². The lowest BCUT2D eigenvalue weighted by Gasteiger charge is -2.15. The fraction of sp³-hybridized carbons (Fsp3) is 0.308. The SMILES string of the molecule is CCn1ccnc1CC(N)c1c(F)c(F)c(F)c(F)c1F. The Hall–Kier alpha value is -1.96. The molecule has 114 valence electrons. The molecule has 0 saturated heterocycles. The molecule has 2 aromatic rings. The molecule has 1 unspecified atom stereocenters. The standard InChI is InChI=1S/C13H12F5N3/c1-2-21-4-3-20-7(21)5-6(19)8-9(14)11(16)13(18)12(17)10(8)15/h3-4,6H,2,5,19H2,1H3. The fourth-order valence-electron chi connectivity index (χ4n) is 2.06. The van der Waals surface area contributed by atoms with Crippen LogP contribution in [0.4, 0.5) is 22.0 Å². The highest BCUT2D eigenvalue weighted by Gasteiger charge is 2.29. The van der Waals surface area contributed by atoms with Gasteiger partial charge >= 0.3 is 0 Å². The van der Waals surface area contributed by atoms with Crippen LogP contribution in [0, 0.1) is 29.1 Å². The number of imidazole rings is 1. The maximum Gasteiger partial charge on any atom is 0.200 e. The van der Waals surface area contributed by atoms with Gasteiger partial charge in [-0.25, -0.2) is 26.9 Å². The van der Waals surface area contributed by atoms with E-state index in [1.165, 1.54) is 6.20 Å². The lowest BCUT2D eigenvalue weighted by molar-refractivity contribution is 0.363. The average Bonchev–Trinajstić information content (AvgIpc) is 2.90. The molecule has 0 spiro atoms. The molecule has 0 radical (unpaired) electrons. The molecule has 3 nitrogen and oxygen atoms in total. The number of halogens is 5. The number of rotatable bonds is 4. The van der Waals surface area contributed by atoms with E-state index in [9.17, 15) is 22.0 Å². The summed E-state index contributed by atoms with van der Waals surface area (Å²) >= 11 is 0. The Balaban J connectivity index is 2.42. The van der Waals surface area contributed by atoms with E-state index in [1.807, 2.05) is 6.92 Å². The molecule has 2 N–H and O–H groups in total. The first-order valence-corrected chi connectivity index (χ1v) is 6.15. The normalized spacial score (nSPS) is 12.7. The highest BCUT2D eigenvalue weighted by atomic mass is 19.2. The van der Waals surface area contributed by atoms with Gasteiger partial charge in [0.15, 0.2) is 23.3 Å². The largest absolute Gasteiger partial charge is 0.335 e. The molecule has 1 atom stereocenters. The molecule has 0 saturated carbocycles. The smallest absolute Gasteiger partial charge is 0.200 e. The van der Waals surface area contributed by atoms with Crippen LogP contribution in [-0.4, -0.2) is 9.55 Å². The van der Waals surface area contributed by atoms with Crippen LogP contribution in [0.15, 0.2) is 12.4 Å². The molecule has 0 aliphatic heterocycles. The quantitative estimate of drug-likeness (QED) is 0.536. The summed E-state index contributed by atoms with van der Waals surface area (Å²) in [5.41, 5.74) is 4.58. The predicted octanol–water partition coefficient (Wildman–Crippen LogP) is 2.84. The van der Waals surface area contributed by atoms with Crippen molar-refractivity contribution < 1.29 is 22.0 Å². The van der Waals surface area contributed by atoms with E-state index in [-0.39, 0.29) is 6.42 Å². The number of hydrogen-bond acceptors (Lipinski definition) is 2. The maximum atomic E-state index is 13.6. The average molecular weight is 305 g/mol. The molecule has 1 aromatic heterocycles. The molecule has 2 rings (SSSR count). The Kier molecular flexibility index (Phi) is 4.26. The lowest BCUT2D eigenvalue weighted by atomic mass is 10.0. The molecule has 21 heavy (non-hydrogen) atoms. The third-order valence-electron chi connectivity index (χ3n) is 3.16. The number of nitrogens with two attached hydrogens (primary N) is 1. The molecular weight excluding hydrogens is 293 g/mol. The van der Waals surface area contributed by atoms with Gasteiger partial charge in [-0.05, 0) is 6.92 Å². The third kappa shape index (κ3) is 2.63. The van der Waals surface area contributed by atoms with Crippen molar-refractivity contribution in [3.63, 3.8) is 0 Å². The van der Waals surface area contributed by atoms with Gasteiger partial charge in [0.2, 0.25) is 5.82 Å². The minimum absolute atomic E-state index is 0.154. The predicted molar refractivity (Wildman–Crippen MR) is 64.8 cm³/mol. The molecule has 0 fully saturated rings. The molecule has 8 heteroatoms. The van der Waals surface area contributed by atoms with E-state index in [2.05, 4.69) is 4.98 Å². The minimum Gasteiger partial charge on any atom is -0.335 e. The summed E-state index contributed by atoms with van der Waals surface area (Å²) in [6.45, 7) is 2.36. The van der Waals surface area contributed by atoms with Crippen LogP contribution in [0.5, 0.6) is 0 Å². The Morgan fingerprint density at radius 2 is 1.57 bits per heavy atom. The van der Waals surface area contributed by atoms with Crippen molar-refractivity contribution in [3.05, 3.63) is 52.9 Å². The van der Waals surface area contributed by atoms with Gasteiger partial charge in [0.1, 0.15) is 5.82 Å². The van der Waals surface area contributed by atoms with Crippen LogP contribution < -0.4 is 5.73 Å². The first-order valence-electron chi connectivity index (χ1n) is 6.15. The topological polar surface area (TPSA) is 43.8 Å². The van der Waals surface area contributed by atoms with Gasteiger partial charge in [-0.15, -0.1) is 0 Å². The monoisotopic (exact) mass is 305 g/mol. The van der Waals surface area contributed by atoms with Crippen LogP contribution in [0.1, 0.15) is 24.4 Å². The summed E-state index contributed by atoms with van der Waals surface area (Å²) in [6, 6.07) is -1.40. The van der Waals surface area contributed by atoms with Gasteiger partial charge in [0.25, 0.3) is 0 Å². The number of benzene rings is 1. The van der Waals surface area contributed by atoms with Gasteiger partial charge in [-0.2, -0.15) is 0 Å². The Morgan fingerprint density at radius 1 is 1.05 bits per heavy atom. The Labute approximate surface area is 117 Å². The summed E-state index contributed by atoms with van der Waals surface area (Å²) in [5.74, 6) is -9.62. The number of aromatic nitrogens is 2. The van der Waals surface area contributed by atoms with Crippen LogP contribution in [0.2, 0.25) is 0 Å². The Bertz CT molecular complexity index is 639. The molecule has 1 aromatic carbocycles. The molecule has 0 amide bonds. The van der Waals surface area contributed by atoms with Crippen LogP contribution in [0.3, 0.4) is 0 Å². The van der Waals surface area contributed by atoms with E-state index in [4.69, 9.17) is 5.73 Å². The first kappa shape index (κ1) is 15.4. The van der Waals surface area contributed by atoms with E-state index < -0.39 is 40.7 Å². The van der Waals surface area contributed by atoms with Crippen molar-refractivity contribution in [1.29, 1.82) is 0 Å². The Morgan fingerprint density at radius 3 is 2.10 bits per heavy atom. The zero-order valence-corrected chi connectivity index (χ0v) is 11.0. The van der Waals surface area contributed by atoms with Gasteiger partial charge in [-0.1, -0.05) is 0 Å². The number of aryl methyl sites for hydroxylation is 1. The summed E-state index contributed by atoms with van der Waals surface area (Å²) in [7, 11) is 0. The molecule has 0 aliphatic carbocycles. The van der Waals surface area contributed by atoms with Crippen LogP contribution in [0.25, 0.3) is 0 Å². The summed E-state index contributed by atoms with van der Waals surface area (Å²) in [6.07, 6.45) is 2.93. The molecule has 0 bridgehead atoms. The van der Waals surface area contributed by atoms with E-state index in [1.54, 1.807) is 10.8 Å². The minimum atomic E-state index is -2.20. The molecule has 1 heterocycles. The lowest BCUT2D eigenvalue weighted by Crippen LogP contribution is -2.21. The highest BCUT2D eigenvalue weighted by molar-refractivity contribution is 5.27. The second-order valence-corrected chi connectivity index (χ2v) is 4.42. The van der Waals surface area contributed by atoms with E-state index in [0.29, 0.717) is 12.4 Å². The van der Waals surface area contributed by atoms with Crippen molar-refractivity contribution in [2.45, 2.75) is 25.9 Å². The van der Waals surface area contributed by atoms with Gasteiger partial charge in [-0.3, -0.25) is 0 Å². The van der Waals surface area contributed by atoms with E-state index in [0.717, 1.165) is 0 Å². The molecular formula is C13H12F5N3. The summed E-state index contributed by atoms with van der Waals surface area (Å²) in [5, 5.41) is 0. The number of nitrogens with zero attached hydrogens (tertiary/aromatic N) is 2. The van der Waals surface area contributed by atoms with Crippen molar-refractivity contribution in [2.75, 3.05) is 0 Å². The van der Waals surface area contributed by atoms with Gasteiger partial charge in [0, 0.05) is 37.0 Å². The second-order valence-electron chi connectivity index (χ2n) is 4.42. The summed E-state index contributed by atoms with van der Waals surface area (Å²) < 4.78 is 68.2. The van der Waals surface area contributed by atoms with Crippen molar-refractivity contribution >= 4 is 0 Å². The third-order valence-corrected chi connectivity index (χ3v) is 3.16. The van der Waals surface area contributed by atoms with E-state index >= 15 is 0 Å². The van der Waals surface area contributed by atoms with Gasteiger partial charge in [0.05, 0.1) is 0 Å². The first-order chi connectivity index (χ1) is 9.88. The zero-order valence-electron chi connectivity index (χ0n) is 11.0. The highest BCUT2D eigenvalue weighted by Crippen LogP contribution is 2.28. The van der Waals surface area contributed by atoms with Crippen LogP contribution >= 0.6 is 0 Å². The second kappa shape index (κ2) is 5.80. The molecule has 0 aliphatic rings. The van der Waals surface area contributed by atoms with Crippen molar-refractivity contribution in [2.24, 2.45) is 5.73 Å². The van der Waals surface area contributed by atoms with Gasteiger partial charge < -0.3 is 10.3 Å². The summed E-state index contributed by atoms with van der Waals surface area (Å²) in [4.78, 5) is 3.95. The van der Waals surface area contributed by atoms with Crippen LogP contribution in [-0.2, 0) is 13.0 Å². The number of hydrogen-bond donors (Lipinski definition) is 1. The fourth-order valence-corrected chi connectivity index (χ4v) is 2.06. The maximum absolute atomic E-state index is 13.6.